The molecule has 2 atom stereocenters. The van der Waals surface area contributed by atoms with Crippen molar-refractivity contribution in [1.82, 2.24) is 24.8 Å². The van der Waals surface area contributed by atoms with Gasteiger partial charge in [-0.1, -0.05) is 5.21 Å². The number of benzene rings is 1. The second-order valence-corrected chi connectivity index (χ2v) is 7.28. The van der Waals surface area contributed by atoms with Crippen LogP contribution in [0.1, 0.15) is 36.4 Å². The van der Waals surface area contributed by atoms with E-state index in [0.29, 0.717) is 24.2 Å². The Morgan fingerprint density at radius 1 is 1.25 bits per heavy atom. The van der Waals surface area contributed by atoms with Crippen molar-refractivity contribution in [2.75, 3.05) is 19.0 Å². The van der Waals surface area contributed by atoms with Crippen LogP contribution in [0.25, 0.3) is 11.0 Å². The Morgan fingerprint density at radius 3 is 2.69 bits per heavy atom. The van der Waals surface area contributed by atoms with Crippen LogP contribution < -0.4 is 15.6 Å². The van der Waals surface area contributed by atoms with Crippen molar-refractivity contribution >= 4 is 28.7 Å². The fraction of sp³-hybridized carbons (Fsp3) is 0.400. The van der Waals surface area contributed by atoms with E-state index in [1.54, 1.807) is 31.3 Å². The van der Waals surface area contributed by atoms with Crippen molar-refractivity contribution in [3.8, 4) is 5.75 Å². The molecule has 4 rings (SSSR count). The summed E-state index contributed by atoms with van der Waals surface area (Å²) in [5.74, 6) is -0.0544. The number of anilines is 1. The fourth-order valence-corrected chi connectivity index (χ4v) is 3.48. The van der Waals surface area contributed by atoms with Crippen LogP contribution in [-0.4, -0.2) is 56.5 Å². The van der Waals surface area contributed by atoms with E-state index in [1.807, 2.05) is 0 Å². The van der Waals surface area contributed by atoms with E-state index in [-0.39, 0.29) is 29.6 Å². The first-order chi connectivity index (χ1) is 15.4. The van der Waals surface area contributed by atoms with Crippen molar-refractivity contribution in [2.45, 2.75) is 32.1 Å². The van der Waals surface area contributed by atoms with E-state index in [9.17, 15) is 14.4 Å². The summed E-state index contributed by atoms with van der Waals surface area (Å²) in [6, 6.07) is 6.56. The highest BCUT2D eigenvalue weighted by Gasteiger charge is 2.30. The van der Waals surface area contributed by atoms with Gasteiger partial charge in [-0.2, -0.15) is 9.78 Å². The number of esters is 1. The van der Waals surface area contributed by atoms with Crippen LogP contribution in [0.3, 0.4) is 0 Å². The zero-order valence-electron chi connectivity index (χ0n) is 17.8. The largest absolute Gasteiger partial charge is 0.497 e. The van der Waals surface area contributed by atoms with Gasteiger partial charge in [0.25, 0.3) is 11.5 Å². The Morgan fingerprint density at radius 2 is 2.00 bits per heavy atom. The molecule has 0 aliphatic carbocycles. The average Bonchev–Trinajstić information content (AvgIpc) is 3.37. The first kappa shape index (κ1) is 21.4. The molecule has 1 saturated heterocycles. The van der Waals surface area contributed by atoms with Gasteiger partial charge in [0.05, 0.1) is 13.2 Å². The lowest BCUT2D eigenvalue weighted by molar-refractivity contribution is -0.145. The summed E-state index contributed by atoms with van der Waals surface area (Å²) in [7, 11) is 3.12. The molecular formula is C20H22N6O6. The molecule has 12 heteroatoms. The zero-order chi connectivity index (χ0) is 22.8. The van der Waals surface area contributed by atoms with Crippen molar-refractivity contribution < 1.29 is 23.8 Å². The van der Waals surface area contributed by atoms with Gasteiger partial charge in [-0.05, 0) is 37.1 Å². The quantitative estimate of drug-likeness (QED) is 0.554. The maximum absolute atomic E-state index is 13.1. The number of fused-ring (bicyclic) bond motifs is 1. The van der Waals surface area contributed by atoms with E-state index >= 15 is 0 Å². The SMILES string of the molecule is COc1ccc(C(=O)Nc2nn(C)c3c(=O)n(C4CCC(COC(C)=O)O4)nnc23)cc1. The lowest BCUT2D eigenvalue weighted by atomic mass is 10.2. The molecular weight excluding hydrogens is 420 g/mol. The van der Waals surface area contributed by atoms with E-state index in [0.717, 1.165) is 4.68 Å². The van der Waals surface area contributed by atoms with E-state index in [2.05, 4.69) is 20.7 Å². The monoisotopic (exact) mass is 442 g/mol. The lowest BCUT2D eigenvalue weighted by Gasteiger charge is -2.14. The topological polar surface area (TPSA) is 139 Å². The van der Waals surface area contributed by atoms with Gasteiger partial charge in [0.1, 0.15) is 12.4 Å². The van der Waals surface area contributed by atoms with E-state index in [4.69, 9.17) is 14.2 Å². The summed E-state index contributed by atoms with van der Waals surface area (Å²) in [6.07, 6.45) is 0.176. The number of aromatic nitrogens is 5. The number of carbonyl (C=O) groups excluding carboxylic acids is 2. The zero-order valence-corrected chi connectivity index (χ0v) is 17.8. The second kappa shape index (κ2) is 8.75. The van der Waals surface area contributed by atoms with Crippen molar-refractivity contribution in [1.29, 1.82) is 0 Å². The minimum Gasteiger partial charge on any atom is -0.497 e. The van der Waals surface area contributed by atoms with Gasteiger partial charge < -0.3 is 19.5 Å². The number of nitrogens with zero attached hydrogens (tertiary/aromatic N) is 5. The number of amides is 1. The molecule has 1 fully saturated rings. The number of nitrogens with one attached hydrogen (secondary N) is 1. The maximum Gasteiger partial charge on any atom is 0.302 e. The van der Waals surface area contributed by atoms with Gasteiger partial charge in [0, 0.05) is 19.5 Å². The third kappa shape index (κ3) is 4.17. The first-order valence-corrected chi connectivity index (χ1v) is 9.93. The molecule has 32 heavy (non-hydrogen) atoms. The number of aryl methyl sites for hydroxylation is 1. The summed E-state index contributed by atoms with van der Waals surface area (Å²) >= 11 is 0. The molecule has 12 nitrogen and oxygen atoms in total. The summed E-state index contributed by atoms with van der Waals surface area (Å²) in [6.45, 7) is 1.44. The number of ether oxygens (including phenoxy) is 3. The third-order valence-corrected chi connectivity index (χ3v) is 5.09. The molecule has 1 amide bonds. The molecule has 3 heterocycles. The number of hydrogen-bond acceptors (Lipinski definition) is 9. The molecule has 0 saturated carbocycles. The maximum atomic E-state index is 13.1. The van der Waals surface area contributed by atoms with Crippen molar-refractivity contribution in [3.05, 3.63) is 40.2 Å². The van der Waals surface area contributed by atoms with Gasteiger partial charge in [-0.15, -0.1) is 5.10 Å². The van der Waals surface area contributed by atoms with Crippen LogP contribution in [0.15, 0.2) is 29.1 Å². The normalized spacial score (nSPS) is 18.0. The predicted molar refractivity (Wildman–Crippen MR) is 111 cm³/mol. The van der Waals surface area contributed by atoms with Gasteiger partial charge in [0.2, 0.25) is 0 Å². The number of hydrogen-bond donors (Lipinski definition) is 1. The molecule has 168 valence electrons. The summed E-state index contributed by atoms with van der Waals surface area (Å²) in [5, 5.41) is 15.0. The highest BCUT2D eigenvalue weighted by molar-refractivity contribution is 6.07. The van der Waals surface area contributed by atoms with Crippen LogP contribution in [-0.2, 0) is 21.3 Å². The Hall–Kier alpha value is -3.80. The Balaban J connectivity index is 1.56. The summed E-state index contributed by atoms with van der Waals surface area (Å²) in [4.78, 5) is 36.6. The molecule has 1 aliphatic heterocycles. The highest BCUT2D eigenvalue weighted by atomic mass is 16.6. The molecule has 1 N–H and O–H groups in total. The predicted octanol–water partition coefficient (Wildman–Crippen LogP) is 1.03. The standard InChI is InChI=1S/C20H22N6O6/c1-11(27)31-10-14-8-9-15(32-14)26-20(29)17-16(22-24-26)18(23-25(17)2)21-19(28)12-4-6-13(30-3)7-5-12/h4-7,14-15H,8-10H2,1-3H3,(H,21,23,28). The number of methoxy groups -OCH3 is 1. The fourth-order valence-electron chi connectivity index (χ4n) is 3.48. The molecule has 0 spiro atoms. The van der Waals surface area contributed by atoms with Gasteiger partial charge in [0.15, 0.2) is 23.1 Å². The molecule has 1 aliphatic rings. The van der Waals surface area contributed by atoms with E-state index in [1.165, 1.54) is 18.7 Å². The summed E-state index contributed by atoms with van der Waals surface area (Å²) < 4.78 is 18.3. The van der Waals surface area contributed by atoms with E-state index < -0.39 is 23.7 Å². The smallest absolute Gasteiger partial charge is 0.302 e. The van der Waals surface area contributed by atoms with Crippen LogP contribution in [0.4, 0.5) is 5.82 Å². The summed E-state index contributed by atoms with van der Waals surface area (Å²) in [5.41, 5.74) is 0.291. The van der Waals surface area contributed by atoms with Crippen LogP contribution in [0, 0.1) is 0 Å². The minimum absolute atomic E-state index is 0.115. The first-order valence-electron chi connectivity index (χ1n) is 9.93. The molecule has 2 unspecified atom stereocenters. The van der Waals surface area contributed by atoms with Gasteiger partial charge >= 0.3 is 5.97 Å². The molecule has 0 radical (unpaired) electrons. The van der Waals surface area contributed by atoms with Crippen molar-refractivity contribution in [3.63, 3.8) is 0 Å². The Labute approximate surface area is 182 Å². The number of carbonyl (C=O) groups is 2. The molecule has 3 aromatic rings. The van der Waals surface area contributed by atoms with Crippen LogP contribution >= 0.6 is 0 Å². The Bertz CT molecular complexity index is 1220. The highest BCUT2D eigenvalue weighted by Crippen LogP contribution is 2.27. The number of rotatable bonds is 6. The van der Waals surface area contributed by atoms with Crippen LogP contribution in [0.2, 0.25) is 0 Å². The van der Waals surface area contributed by atoms with Gasteiger partial charge in [-0.3, -0.25) is 19.1 Å². The molecule has 0 bridgehead atoms. The third-order valence-electron chi connectivity index (χ3n) is 5.09. The minimum atomic E-state index is -0.632. The second-order valence-electron chi connectivity index (χ2n) is 7.28. The Kier molecular flexibility index (Phi) is 5.86. The molecule has 2 aromatic heterocycles. The van der Waals surface area contributed by atoms with Crippen molar-refractivity contribution in [2.24, 2.45) is 7.05 Å². The molecule has 1 aromatic carbocycles. The van der Waals surface area contributed by atoms with Gasteiger partial charge in [-0.25, -0.2) is 0 Å². The van der Waals surface area contributed by atoms with Crippen LogP contribution in [0.5, 0.6) is 5.75 Å². The lowest BCUT2D eigenvalue weighted by Crippen LogP contribution is -2.30. The average molecular weight is 442 g/mol.